The van der Waals surface area contributed by atoms with Gasteiger partial charge in [0.25, 0.3) is 0 Å². The van der Waals surface area contributed by atoms with E-state index in [2.05, 4.69) is 106 Å². The molecule has 0 aromatic heterocycles. The number of rotatable bonds is 3. The van der Waals surface area contributed by atoms with E-state index in [9.17, 15) is 13.2 Å². The van der Waals surface area contributed by atoms with Crippen LogP contribution in [0, 0.1) is 0 Å². The van der Waals surface area contributed by atoms with E-state index < -0.39 is 29.5 Å². The summed E-state index contributed by atoms with van der Waals surface area (Å²) in [7, 11) is -6.09. The van der Waals surface area contributed by atoms with Gasteiger partial charge in [-0.15, -0.1) is 0 Å². The summed E-state index contributed by atoms with van der Waals surface area (Å²) in [6, 6.07) is 31.2. The fraction of sp³-hybridized carbons (Fsp3) is 0.217. The van der Waals surface area contributed by atoms with E-state index >= 15 is 0 Å². The average molecular weight is 515 g/mol. The molecule has 166 valence electrons. The Morgan fingerprint density at radius 2 is 1.00 bits per heavy atom. The van der Waals surface area contributed by atoms with Crippen LogP contribution in [0.15, 0.2) is 84.9 Å². The molecule has 0 aliphatic heterocycles. The summed E-state index contributed by atoms with van der Waals surface area (Å²) in [5, 5.41) is 0. The molecule has 0 unspecified atom stereocenters. The molecule has 0 aliphatic rings. The summed E-state index contributed by atoms with van der Waals surface area (Å²) in [4.78, 5) is 0. The van der Waals surface area contributed by atoms with E-state index in [0.717, 1.165) is 0 Å². The molecule has 0 N–H and O–H groups in total. The quantitative estimate of drug-likeness (QED) is 0.305. The molecule has 3 rings (SSSR count). The molecule has 0 aliphatic carbocycles. The van der Waals surface area contributed by atoms with E-state index in [4.69, 9.17) is 13.0 Å². The Hall–Kier alpha value is -2.12. The fourth-order valence-electron chi connectivity index (χ4n) is 2.61. The third kappa shape index (κ3) is 7.21. The normalized spacial score (nSPS) is 12.3. The SMILES string of the molecule is CC(C)(C)c1ccc([Se+](c2ccccc2)c2ccccc2)cc1.O=S(=O)([O-])C(F)(F)F. The summed E-state index contributed by atoms with van der Waals surface area (Å²) in [5.74, 6) is 0. The molecule has 0 heterocycles. The first kappa shape index (κ1) is 25.1. The molecule has 3 aromatic carbocycles. The number of benzene rings is 3. The van der Waals surface area contributed by atoms with Crippen molar-refractivity contribution in [2.45, 2.75) is 31.7 Å². The Morgan fingerprint density at radius 1 is 0.677 bits per heavy atom. The van der Waals surface area contributed by atoms with Crippen molar-refractivity contribution >= 4 is 37.4 Å². The predicted molar refractivity (Wildman–Crippen MR) is 118 cm³/mol. The standard InChI is InChI=1S/C22H23Se.CHF3O3S/c1-22(2,3)18-14-16-21(17-15-18)23(19-10-6-4-7-11-19)20-12-8-5-9-13-20;2-1(3,4)8(5,6)7/h4-17H,1-3H3;(H,5,6,7)/q+1;/p-1. The first-order valence-corrected chi connectivity index (χ1v) is 13.3. The molecule has 3 aromatic rings. The van der Waals surface area contributed by atoms with Crippen LogP contribution in [-0.2, 0) is 15.5 Å². The van der Waals surface area contributed by atoms with Gasteiger partial charge in [0, 0.05) is 0 Å². The van der Waals surface area contributed by atoms with Gasteiger partial charge in [-0.3, -0.25) is 0 Å². The van der Waals surface area contributed by atoms with Crippen molar-refractivity contribution in [1.29, 1.82) is 0 Å². The Labute approximate surface area is 185 Å². The maximum Gasteiger partial charge on any atom is 0.485 e. The number of hydrogen-bond donors (Lipinski definition) is 0. The van der Waals surface area contributed by atoms with Crippen molar-refractivity contribution < 1.29 is 26.1 Å². The summed E-state index contributed by atoms with van der Waals surface area (Å²) >= 11 is -1.22. The molecule has 0 spiro atoms. The van der Waals surface area contributed by atoms with E-state index in [1.807, 2.05) is 0 Å². The van der Waals surface area contributed by atoms with Crippen LogP contribution in [0.3, 0.4) is 0 Å². The average Bonchev–Trinajstić information content (AvgIpc) is 2.69. The van der Waals surface area contributed by atoms with E-state index in [0.29, 0.717) is 0 Å². The number of hydrogen-bond acceptors (Lipinski definition) is 3. The van der Waals surface area contributed by atoms with Crippen LogP contribution in [0.2, 0.25) is 0 Å². The molecule has 8 heteroatoms. The van der Waals surface area contributed by atoms with Gasteiger partial charge in [-0.2, -0.15) is 13.2 Å². The first-order chi connectivity index (χ1) is 14.3. The van der Waals surface area contributed by atoms with Crippen molar-refractivity contribution in [3.8, 4) is 0 Å². The Balaban J connectivity index is 0.000000366. The van der Waals surface area contributed by atoms with Gasteiger partial charge >= 0.3 is 149 Å². The van der Waals surface area contributed by atoms with Crippen LogP contribution in [0.4, 0.5) is 13.2 Å². The second-order valence-electron chi connectivity index (χ2n) is 7.61. The molecular weight excluding hydrogens is 492 g/mol. The van der Waals surface area contributed by atoms with Crippen LogP contribution in [0.1, 0.15) is 26.3 Å². The van der Waals surface area contributed by atoms with Gasteiger partial charge in [0.2, 0.25) is 0 Å². The minimum atomic E-state index is -6.09. The van der Waals surface area contributed by atoms with Gasteiger partial charge in [-0.05, 0) is 0 Å². The van der Waals surface area contributed by atoms with Gasteiger partial charge in [0.15, 0.2) is 10.1 Å². The van der Waals surface area contributed by atoms with Gasteiger partial charge in [-0.25, -0.2) is 8.42 Å². The second-order valence-corrected chi connectivity index (χ2v) is 13.2. The van der Waals surface area contributed by atoms with Crippen molar-refractivity contribution in [2.75, 3.05) is 0 Å². The van der Waals surface area contributed by atoms with Crippen molar-refractivity contribution in [3.05, 3.63) is 90.5 Å². The maximum absolute atomic E-state index is 10.7. The van der Waals surface area contributed by atoms with Crippen LogP contribution in [0.5, 0.6) is 0 Å². The van der Waals surface area contributed by atoms with Crippen LogP contribution >= 0.6 is 0 Å². The summed E-state index contributed by atoms with van der Waals surface area (Å²) in [6.07, 6.45) is 0. The molecule has 0 saturated carbocycles. The van der Waals surface area contributed by atoms with Gasteiger partial charge in [0.1, 0.15) is 0 Å². The zero-order valence-electron chi connectivity index (χ0n) is 17.3. The molecule has 0 saturated heterocycles. The minimum absolute atomic E-state index is 0.202. The van der Waals surface area contributed by atoms with E-state index in [1.54, 1.807) is 0 Å². The molecular formula is C23H23F3O3SSe. The van der Waals surface area contributed by atoms with Gasteiger partial charge < -0.3 is 4.55 Å². The van der Waals surface area contributed by atoms with Crippen molar-refractivity contribution in [3.63, 3.8) is 0 Å². The molecule has 0 amide bonds. The Morgan fingerprint density at radius 3 is 1.29 bits per heavy atom. The summed E-state index contributed by atoms with van der Waals surface area (Å²) in [6.45, 7) is 6.80. The molecule has 0 bridgehead atoms. The molecule has 0 fully saturated rings. The fourth-order valence-corrected chi connectivity index (χ4v) is 6.98. The number of halogens is 3. The third-order valence-electron chi connectivity index (χ3n) is 4.20. The van der Waals surface area contributed by atoms with Crippen LogP contribution in [0.25, 0.3) is 0 Å². The molecule has 3 nitrogen and oxygen atoms in total. The summed E-state index contributed by atoms with van der Waals surface area (Å²) < 4.78 is 63.3. The molecule has 0 radical (unpaired) electrons. The van der Waals surface area contributed by atoms with E-state index in [1.165, 1.54) is 18.9 Å². The maximum atomic E-state index is 10.7. The number of alkyl halides is 3. The monoisotopic (exact) mass is 516 g/mol. The minimum Gasteiger partial charge on any atom is -0.741 e. The Bertz CT molecular complexity index is 1020. The summed E-state index contributed by atoms with van der Waals surface area (Å²) in [5.41, 5.74) is -4.05. The largest absolute Gasteiger partial charge is 0.741 e. The smallest absolute Gasteiger partial charge is 0.485 e. The van der Waals surface area contributed by atoms with Crippen molar-refractivity contribution in [1.82, 2.24) is 0 Å². The first-order valence-electron chi connectivity index (χ1n) is 9.28. The van der Waals surface area contributed by atoms with Gasteiger partial charge in [0.05, 0.1) is 0 Å². The zero-order chi connectivity index (χ0) is 23.3. The second kappa shape index (κ2) is 10.0. The Kier molecular flexibility index (Phi) is 8.11. The predicted octanol–water partition coefficient (Wildman–Crippen LogP) is 3.55. The topological polar surface area (TPSA) is 57.2 Å². The van der Waals surface area contributed by atoms with Crippen LogP contribution < -0.4 is 13.4 Å². The zero-order valence-corrected chi connectivity index (χ0v) is 19.8. The third-order valence-corrected chi connectivity index (χ3v) is 9.44. The van der Waals surface area contributed by atoms with E-state index in [-0.39, 0.29) is 5.41 Å². The molecule has 31 heavy (non-hydrogen) atoms. The molecule has 0 atom stereocenters. The van der Waals surface area contributed by atoms with Gasteiger partial charge in [-0.1, -0.05) is 0 Å². The van der Waals surface area contributed by atoms with Crippen LogP contribution in [-0.4, -0.2) is 32.4 Å². The van der Waals surface area contributed by atoms with Crippen molar-refractivity contribution in [2.24, 2.45) is 0 Å².